The number of hydrogen-bond donors (Lipinski definition) is 3. The number of rotatable bonds is 15. The Balaban J connectivity index is 0.779. The van der Waals surface area contributed by atoms with Crippen LogP contribution in [0.1, 0.15) is 76.8 Å². The molecule has 6 aromatic rings. The van der Waals surface area contributed by atoms with Crippen molar-refractivity contribution in [2.75, 3.05) is 64.6 Å². The Morgan fingerprint density at radius 2 is 1.79 bits per heavy atom. The number of carbonyl (C=O) groups is 3. The first-order valence-electron chi connectivity index (χ1n) is 24.9. The molecule has 3 aromatic carbocycles. The number of β-amino-alcohol motifs (C(OH)–C–C–N with tert-alkyl or cyclic N) is 1. The van der Waals surface area contributed by atoms with Gasteiger partial charge in [-0.05, 0) is 98.5 Å². The number of aromatic hydroxyl groups is 1. The zero-order valence-corrected chi connectivity index (χ0v) is 41.3. The molecule has 4 saturated heterocycles. The van der Waals surface area contributed by atoms with Crippen LogP contribution < -0.4 is 25.4 Å². The van der Waals surface area contributed by atoms with Crippen LogP contribution >= 0.6 is 0 Å². The zero-order chi connectivity index (χ0) is 51.3. The minimum Gasteiger partial charge on any atom is -0.508 e. The highest BCUT2D eigenvalue weighted by Gasteiger charge is 2.52. The van der Waals surface area contributed by atoms with Gasteiger partial charge in [-0.2, -0.15) is 9.97 Å². The number of fused-ring (bicyclic) bond motifs is 4. The van der Waals surface area contributed by atoms with Crippen LogP contribution in [0.5, 0.6) is 17.5 Å². The van der Waals surface area contributed by atoms with Crippen molar-refractivity contribution in [3.63, 3.8) is 0 Å². The molecule has 0 saturated carbocycles. The summed E-state index contributed by atoms with van der Waals surface area (Å²) in [5, 5.41) is 25.4. The highest BCUT2D eigenvalue weighted by atomic mass is 19.1. The molecule has 4 fully saturated rings. The number of phenolic OH excluding ortho intramolecular Hbond substituents is 1. The van der Waals surface area contributed by atoms with Crippen molar-refractivity contribution < 1.29 is 52.3 Å². The lowest BCUT2D eigenvalue weighted by atomic mass is 9.94. The van der Waals surface area contributed by atoms with Crippen LogP contribution in [-0.4, -0.2) is 139 Å². The largest absolute Gasteiger partial charge is 0.508 e. The van der Waals surface area contributed by atoms with Gasteiger partial charge in [0.25, 0.3) is 0 Å². The Morgan fingerprint density at radius 3 is 2.59 bits per heavy atom. The van der Waals surface area contributed by atoms with E-state index in [1.807, 2.05) is 4.90 Å². The number of aliphatic hydroxyl groups is 1. The normalized spacial score (nSPS) is 22.3. The third kappa shape index (κ3) is 9.49. The number of aromatic nitrogens is 5. The number of nitrogens with zero attached hydrogens (tertiary/aromatic N) is 8. The van der Waals surface area contributed by atoms with Crippen molar-refractivity contribution in [3.05, 3.63) is 76.3 Å². The van der Waals surface area contributed by atoms with Crippen LogP contribution in [-0.2, 0) is 32.5 Å². The lowest BCUT2D eigenvalue weighted by molar-refractivity contribution is -0.135. The van der Waals surface area contributed by atoms with E-state index in [9.17, 15) is 29.4 Å². The van der Waals surface area contributed by atoms with Crippen LogP contribution in [0.3, 0.4) is 0 Å². The number of ether oxygens (including phenoxy) is 4. The topological polar surface area (TPSA) is 216 Å². The number of imidazole rings is 1. The minimum atomic E-state index is -1.03. The Kier molecular flexibility index (Phi) is 13.5. The maximum absolute atomic E-state index is 17.2. The van der Waals surface area contributed by atoms with Gasteiger partial charge in [-0.15, -0.1) is 0 Å². The first-order chi connectivity index (χ1) is 35.0. The fourth-order valence-electron chi connectivity index (χ4n) is 11.2. The standard InChI is InChI=1S/C52H59F2N9O10/c1-5-33-36(53)10-8-30-24-31(64)25-34(42(30)33)44-43(54)45-35(27-55-44)46(61-18-6-15-51(2,69)28-61)58-48(57-45)72-29-52-16-7-19-62(52)41(14-17-52)73-50(68)59(3)20-21-70-22-23-71-32-9-11-37-39(26-32)60(4)49(67)63(37)38-12-13-40(65)56-47(38)66/h8-11,24-27,38,41,64,69H,5-7,12-23,28-29H2,1-4H3,(H,56,65,66)/t38?,41-,51+,52-/m0/s1. The molecule has 4 aliphatic rings. The van der Waals surface area contributed by atoms with Crippen molar-refractivity contribution in [1.29, 1.82) is 0 Å². The maximum Gasteiger partial charge on any atom is 0.411 e. The molecule has 0 radical (unpaired) electrons. The second-order valence-corrected chi connectivity index (χ2v) is 19.9. The Hall–Kier alpha value is -6.97. The van der Waals surface area contributed by atoms with E-state index in [1.165, 1.54) is 38.4 Å². The third-order valence-corrected chi connectivity index (χ3v) is 14.9. The Bertz CT molecular complexity index is 3220. The van der Waals surface area contributed by atoms with Crippen LogP contribution in [0.25, 0.3) is 44.0 Å². The van der Waals surface area contributed by atoms with Crippen LogP contribution in [0, 0.1) is 11.6 Å². The first kappa shape index (κ1) is 49.6. The van der Waals surface area contributed by atoms with E-state index < -0.39 is 47.0 Å². The van der Waals surface area contributed by atoms with Crippen molar-refractivity contribution >= 4 is 56.4 Å². The summed E-state index contributed by atoms with van der Waals surface area (Å²) in [6.07, 6.45) is 5.21. The molecule has 10 rings (SSSR count). The van der Waals surface area contributed by atoms with E-state index in [0.717, 1.165) is 12.8 Å². The number of pyridine rings is 1. The molecule has 3 N–H and O–H groups in total. The molecule has 386 valence electrons. The third-order valence-electron chi connectivity index (χ3n) is 14.9. The van der Waals surface area contributed by atoms with E-state index in [4.69, 9.17) is 23.9 Å². The quantitative estimate of drug-likeness (QED) is 0.0810. The first-order valence-corrected chi connectivity index (χ1v) is 24.9. The molecule has 1 unspecified atom stereocenters. The number of aryl methyl sites for hydroxylation is 2. The summed E-state index contributed by atoms with van der Waals surface area (Å²) in [6.45, 7) is 6.00. The summed E-state index contributed by atoms with van der Waals surface area (Å²) in [6, 6.07) is 10.0. The van der Waals surface area contributed by atoms with E-state index in [0.29, 0.717) is 89.5 Å². The fraction of sp³-hybridized carbons (Fsp3) is 0.481. The van der Waals surface area contributed by atoms with E-state index in [1.54, 1.807) is 52.2 Å². The molecule has 0 spiro atoms. The van der Waals surface area contributed by atoms with E-state index in [2.05, 4.69) is 20.2 Å². The summed E-state index contributed by atoms with van der Waals surface area (Å²) in [7, 11) is 3.25. The van der Waals surface area contributed by atoms with Gasteiger partial charge in [0.15, 0.2) is 12.0 Å². The molecular weight excluding hydrogens is 949 g/mol. The van der Waals surface area contributed by atoms with Crippen molar-refractivity contribution in [3.8, 4) is 28.8 Å². The highest BCUT2D eigenvalue weighted by molar-refractivity contribution is 6.02. The summed E-state index contributed by atoms with van der Waals surface area (Å²) < 4.78 is 59.4. The van der Waals surface area contributed by atoms with E-state index in [-0.39, 0.29) is 92.5 Å². The van der Waals surface area contributed by atoms with Crippen molar-refractivity contribution in [1.82, 2.24) is 39.2 Å². The second-order valence-electron chi connectivity index (χ2n) is 19.9. The summed E-state index contributed by atoms with van der Waals surface area (Å²) in [5.74, 6) is -1.39. The summed E-state index contributed by atoms with van der Waals surface area (Å²) >= 11 is 0. The number of likely N-dealkylation sites (N-methyl/N-ethyl adjacent to an activating group) is 1. The van der Waals surface area contributed by atoms with Crippen LogP contribution in [0.4, 0.5) is 19.4 Å². The number of hydrogen-bond acceptors (Lipinski definition) is 15. The summed E-state index contributed by atoms with van der Waals surface area (Å²) in [5.41, 5.74) is -0.404. The minimum absolute atomic E-state index is 0.0767. The number of imide groups is 1. The van der Waals surface area contributed by atoms with Gasteiger partial charge < -0.3 is 39.0 Å². The highest BCUT2D eigenvalue weighted by Crippen LogP contribution is 2.44. The molecule has 4 aliphatic heterocycles. The SMILES string of the molecule is CCc1c(F)ccc2cc(O)cc(-c3ncc4c(N5CCC[C@@](C)(O)C5)nc(OC[C@@]56CCCN5[C@@H](OC(=O)N(C)CCOCCOc5ccc7c(c5)n(C)c(=O)n7C5CCC(=O)NC5=O)CC6)nc4c3F)c12. The molecule has 4 atom stereocenters. The molecule has 0 aliphatic carbocycles. The second kappa shape index (κ2) is 19.8. The number of carbonyl (C=O) groups excluding carboxylic acids is 3. The average molecular weight is 1010 g/mol. The molecule has 0 bridgehead atoms. The lowest BCUT2D eigenvalue weighted by Gasteiger charge is -2.38. The van der Waals surface area contributed by atoms with Gasteiger partial charge in [-0.1, -0.05) is 13.0 Å². The molecule has 19 nitrogen and oxygen atoms in total. The maximum atomic E-state index is 17.2. The molecular formula is C52H59F2N9O10. The number of piperidine rings is 2. The van der Waals surface area contributed by atoms with Crippen molar-refractivity contribution in [2.45, 2.75) is 95.0 Å². The van der Waals surface area contributed by atoms with Crippen molar-refractivity contribution in [2.24, 2.45) is 7.05 Å². The molecule has 21 heteroatoms. The average Bonchev–Trinajstić information content (AvgIpc) is 4.01. The number of amides is 3. The van der Waals surface area contributed by atoms with Gasteiger partial charge >= 0.3 is 17.8 Å². The van der Waals surface area contributed by atoms with Crippen LogP contribution in [0.2, 0.25) is 0 Å². The molecule has 3 amide bonds. The predicted octanol–water partition coefficient (Wildman–Crippen LogP) is 5.87. The lowest BCUT2D eigenvalue weighted by Crippen LogP contribution is -2.48. The van der Waals surface area contributed by atoms with Gasteiger partial charge in [-0.25, -0.2) is 18.4 Å². The van der Waals surface area contributed by atoms with Gasteiger partial charge in [-0.3, -0.25) is 33.9 Å². The number of anilines is 1. The monoisotopic (exact) mass is 1010 g/mol. The van der Waals surface area contributed by atoms with Gasteiger partial charge in [0, 0.05) is 70.9 Å². The van der Waals surface area contributed by atoms with Gasteiger partial charge in [0.2, 0.25) is 11.8 Å². The number of halogens is 2. The number of phenols is 1. The fourth-order valence-corrected chi connectivity index (χ4v) is 11.2. The predicted molar refractivity (Wildman–Crippen MR) is 265 cm³/mol. The number of nitrogens with one attached hydrogen (secondary N) is 1. The smallest absolute Gasteiger partial charge is 0.411 e. The van der Waals surface area contributed by atoms with E-state index >= 15 is 8.78 Å². The van der Waals surface area contributed by atoms with Gasteiger partial charge in [0.05, 0.1) is 40.8 Å². The Labute approximate surface area is 418 Å². The zero-order valence-electron chi connectivity index (χ0n) is 41.3. The Morgan fingerprint density at radius 1 is 0.973 bits per heavy atom. The van der Waals surface area contributed by atoms with Crippen LogP contribution in [0.15, 0.2) is 53.5 Å². The molecule has 73 heavy (non-hydrogen) atoms. The van der Waals surface area contributed by atoms with Gasteiger partial charge in [0.1, 0.15) is 53.6 Å². The summed E-state index contributed by atoms with van der Waals surface area (Å²) in [4.78, 5) is 70.3. The molecule has 3 aromatic heterocycles. The number of benzene rings is 3. The molecule has 7 heterocycles.